The number of amides is 2. The molecule has 2 atom stereocenters. The van der Waals surface area contributed by atoms with Gasteiger partial charge in [0.1, 0.15) is 5.92 Å². The van der Waals surface area contributed by atoms with E-state index in [1.54, 1.807) is 18.2 Å². The minimum absolute atomic E-state index is 0.185. The van der Waals surface area contributed by atoms with E-state index >= 15 is 0 Å². The van der Waals surface area contributed by atoms with Crippen LogP contribution in [-0.4, -0.2) is 30.7 Å². The van der Waals surface area contributed by atoms with Crippen LogP contribution in [0.2, 0.25) is 0 Å². The molecule has 0 aliphatic carbocycles. The van der Waals surface area contributed by atoms with Gasteiger partial charge in [-0.1, -0.05) is 40.7 Å². The van der Waals surface area contributed by atoms with E-state index in [4.69, 9.17) is 0 Å². The molecule has 11 heteroatoms. The fraction of sp³-hybridized carbons (Fsp3) is 0.333. The Morgan fingerprint density at radius 1 is 1.23 bits per heavy atom. The summed E-state index contributed by atoms with van der Waals surface area (Å²) in [6.07, 6.45) is -5.86. The molecular formula is C15H12BrF5N2O3. The third kappa shape index (κ3) is 4.14. The molecule has 0 radical (unpaired) electrons. The maximum absolute atomic E-state index is 13.0. The highest BCUT2D eigenvalue weighted by Gasteiger charge is 2.58. The third-order valence-corrected chi connectivity index (χ3v) is 4.30. The first kappa shape index (κ1) is 20.1. The second kappa shape index (κ2) is 7.22. The van der Waals surface area contributed by atoms with Gasteiger partial charge in [0, 0.05) is 10.2 Å². The van der Waals surface area contributed by atoms with Crippen molar-refractivity contribution in [3.8, 4) is 0 Å². The highest BCUT2D eigenvalue weighted by molar-refractivity contribution is 9.10. The standard InChI is InChI=1S/C15H12BrF5N2O3/c1-7-10(12(24)26-6-14(17,18)15(19,20)21)11(23-13(25)22-7)8-4-2-3-5-9(8)16/h2-5,10-11H,1,6H2,(H2,22,23,25). The van der Waals surface area contributed by atoms with Crippen molar-refractivity contribution in [1.29, 1.82) is 0 Å². The summed E-state index contributed by atoms with van der Waals surface area (Å²) in [6.45, 7) is 1.30. The molecule has 0 bridgehead atoms. The summed E-state index contributed by atoms with van der Waals surface area (Å²) >= 11 is 3.22. The van der Waals surface area contributed by atoms with Crippen LogP contribution in [0.3, 0.4) is 0 Å². The van der Waals surface area contributed by atoms with E-state index in [0.717, 1.165) is 0 Å². The molecule has 142 valence electrons. The Balaban J connectivity index is 2.26. The van der Waals surface area contributed by atoms with Gasteiger partial charge in [0.2, 0.25) is 0 Å². The van der Waals surface area contributed by atoms with Crippen LogP contribution in [0.25, 0.3) is 0 Å². The molecule has 1 fully saturated rings. The molecule has 2 N–H and O–H groups in total. The number of alkyl halides is 5. The lowest BCUT2D eigenvalue weighted by atomic mass is 9.89. The minimum atomic E-state index is -5.86. The minimum Gasteiger partial charge on any atom is -0.458 e. The van der Waals surface area contributed by atoms with E-state index in [9.17, 15) is 31.5 Å². The molecule has 0 spiro atoms. The van der Waals surface area contributed by atoms with E-state index in [2.05, 4.69) is 37.9 Å². The predicted octanol–water partition coefficient (Wildman–Crippen LogP) is 3.67. The van der Waals surface area contributed by atoms with E-state index < -0.39 is 42.7 Å². The molecule has 1 heterocycles. The number of nitrogens with one attached hydrogen (secondary N) is 2. The molecule has 1 aliphatic heterocycles. The number of halogens is 6. The fourth-order valence-electron chi connectivity index (χ4n) is 2.28. The maximum Gasteiger partial charge on any atom is 0.456 e. The molecule has 1 aliphatic rings. The number of benzene rings is 1. The summed E-state index contributed by atoms with van der Waals surface area (Å²) in [4.78, 5) is 23.9. The van der Waals surface area contributed by atoms with Crippen LogP contribution in [0.1, 0.15) is 11.6 Å². The SMILES string of the molecule is C=C1NC(=O)NC(c2ccccc2Br)C1C(=O)OCC(F)(F)C(F)(F)F. The average Bonchev–Trinajstić information content (AvgIpc) is 2.51. The van der Waals surface area contributed by atoms with Crippen LogP contribution >= 0.6 is 15.9 Å². The largest absolute Gasteiger partial charge is 0.458 e. The normalized spacial score (nSPS) is 21.0. The third-order valence-electron chi connectivity index (χ3n) is 3.57. The summed E-state index contributed by atoms with van der Waals surface area (Å²) in [5.74, 6) is -7.99. The van der Waals surface area contributed by atoms with Crippen molar-refractivity contribution in [2.75, 3.05) is 6.61 Å². The van der Waals surface area contributed by atoms with Gasteiger partial charge in [-0.05, 0) is 11.6 Å². The van der Waals surface area contributed by atoms with Gasteiger partial charge in [-0.2, -0.15) is 22.0 Å². The maximum atomic E-state index is 13.0. The molecule has 2 rings (SSSR count). The number of ether oxygens (including phenoxy) is 1. The van der Waals surface area contributed by atoms with Crippen LogP contribution < -0.4 is 10.6 Å². The Bertz CT molecular complexity index is 738. The summed E-state index contributed by atoms with van der Waals surface area (Å²) in [6, 6.07) is 4.61. The molecule has 0 saturated carbocycles. The van der Waals surface area contributed by atoms with Crippen molar-refractivity contribution in [1.82, 2.24) is 10.6 Å². The van der Waals surface area contributed by atoms with Crippen molar-refractivity contribution in [2.24, 2.45) is 5.92 Å². The van der Waals surface area contributed by atoms with Crippen molar-refractivity contribution >= 4 is 27.9 Å². The van der Waals surface area contributed by atoms with Gasteiger partial charge < -0.3 is 15.4 Å². The second-order valence-electron chi connectivity index (χ2n) is 5.41. The van der Waals surface area contributed by atoms with Crippen LogP contribution in [-0.2, 0) is 9.53 Å². The molecular weight excluding hydrogens is 431 g/mol. The van der Waals surface area contributed by atoms with Crippen molar-refractivity contribution < 1.29 is 36.3 Å². The van der Waals surface area contributed by atoms with Gasteiger partial charge in [-0.15, -0.1) is 0 Å². The molecule has 1 aromatic rings. The quantitative estimate of drug-likeness (QED) is 0.552. The molecule has 0 aromatic heterocycles. The first-order valence-corrected chi connectivity index (χ1v) is 7.85. The summed E-state index contributed by atoms with van der Waals surface area (Å²) in [5.41, 5.74) is 0.211. The highest BCUT2D eigenvalue weighted by Crippen LogP contribution is 2.37. The smallest absolute Gasteiger partial charge is 0.456 e. The van der Waals surface area contributed by atoms with Crippen molar-refractivity contribution in [2.45, 2.75) is 18.1 Å². The summed E-state index contributed by atoms with van der Waals surface area (Å²) in [7, 11) is 0. The van der Waals surface area contributed by atoms with Crippen LogP contribution in [0, 0.1) is 5.92 Å². The predicted molar refractivity (Wildman–Crippen MR) is 83.1 cm³/mol. The number of carbonyl (C=O) groups is 2. The highest BCUT2D eigenvalue weighted by atomic mass is 79.9. The second-order valence-corrected chi connectivity index (χ2v) is 6.26. The number of hydrogen-bond acceptors (Lipinski definition) is 3. The van der Waals surface area contributed by atoms with Crippen molar-refractivity contribution in [3.05, 3.63) is 46.6 Å². The van der Waals surface area contributed by atoms with E-state index in [1.165, 1.54) is 6.07 Å². The molecule has 2 amide bonds. The summed E-state index contributed by atoms with van der Waals surface area (Å²) < 4.78 is 67.3. The Morgan fingerprint density at radius 2 is 1.85 bits per heavy atom. The molecule has 26 heavy (non-hydrogen) atoms. The lowest BCUT2D eigenvalue weighted by molar-refractivity contribution is -0.294. The number of esters is 1. The zero-order valence-electron chi connectivity index (χ0n) is 12.9. The van der Waals surface area contributed by atoms with Crippen LogP contribution in [0.15, 0.2) is 41.0 Å². The lowest BCUT2D eigenvalue weighted by Crippen LogP contribution is -2.52. The molecule has 1 saturated heterocycles. The van der Waals surface area contributed by atoms with Crippen LogP contribution in [0.4, 0.5) is 26.7 Å². The Kier molecular flexibility index (Phi) is 5.59. The topological polar surface area (TPSA) is 67.4 Å². The summed E-state index contributed by atoms with van der Waals surface area (Å²) in [5, 5.41) is 4.60. The first-order valence-electron chi connectivity index (χ1n) is 7.06. The Morgan fingerprint density at radius 3 is 2.42 bits per heavy atom. The number of urea groups is 1. The van der Waals surface area contributed by atoms with Gasteiger partial charge in [-0.3, -0.25) is 4.79 Å². The van der Waals surface area contributed by atoms with Gasteiger partial charge in [0.25, 0.3) is 0 Å². The zero-order chi connectivity index (χ0) is 19.7. The Labute approximate surface area is 152 Å². The average molecular weight is 443 g/mol. The van der Waals surface area contributed by atoms with Gasteiger partial charge in [0.05, 0.1) is 6.04 Å². The lowest BCUT2D eigenvalue weighted by Gasteiger charge is -2.34. The Hall–Kier alpha value is -2.17. The van der Waals surface area contributed by atoms with Crippen molar-refractivity contribution in [3.63, 3.8) is 0 Å². The molecule has 2 unspecified atom stereocenters. The molecule has 5 nitrogen and oxygen atoms in total. The monoisotopic (exact) mass is 442 g/mol. The fourth-order valence-corrected chi connectivity index (χ4v) is 2.81. The van der Waals surface area contributed by atoms with Gasteiger partial charge in [0.15, 0.2) is 6.61 Å². The van der Waals surface area contributed by atoms with Gasteiger partial charge in [-0.25, -0.2) is 4.79 Å². The molecule has 1 aromatic carbocycles. The van der Waals surface area contributed by atoms with E-state index in [1.807, 2.05) is 0 Å². The number of carbonyl (C=O) groups excluding carboxylic acids is 2. The van der Waals surface area contributed by atoms with Crippen LogP contribution in [0.5, 0.6) is 0 Å². The number of rotatable bonds is 4. The zero-order valence-corrected chi connectivity index (χ0v) is 14.5. The van der Waals surface area contributed by atoms with E-state index in [0.29, 0.717) is 10.0 Å². The van der Waals surface area contributed by atoms with E-state index in [-0.39, 0.29) is 5.70 Å². The number of hydrogen-bond donors (Lipinski definition) is 2. The first-order chi connectivity index (χ1) is 11.9. The van der Waals surface area contributed by atoms with Gasteiger partial charge >= 0.3 is 24.1 Å².